The summed E-state index contributed by atoms with van der Waals surface area (Å²) in [6, 6.07) is 19.2. The first-order chi connectivity index (χ1) is 19.7. The van der Waals surface area contributed by atoms with Crippen LogP contribution in [0.4, 0.5) is 28.7 Å². The SMILES string of the molecule is COc1ccc(Cl)c(Nc2nc3ccccc3nc2N(c2cccc(NC(=O)CN3CC(N(C)C)C3)c2)[SH](=O)=O)c1. The van der Waals surface area contributed by atoms with Crippen LogP contribution in [0.3, 0.4) is 0 Å². The number of aromatic nitrogens is 2. The van der Waals surface area contributed by atoms with Gasteiger partial charge in [0.05, 0.1) is 41.1 Å². The van der Waals surface area contributed by atoms with Gasteiger partial charge < -0.3 is 20.3 Å². The van der Waals surface area contributed by atoms with Gasteiger partial charge in [-0.25, -0.2) is 22.7 Å². The average molecular weight is 596 g/mol. The summed E-state index contributed by atoms with van der Waals surface area (Å²) in [6.07, 6.45) is 0. The molecule has 0 saturated carbocycles. The number of methoxy groups -OCH3 is 1. The van der Waals surface area contributed by atoms with Crippen LogP contribution in [0.5, 0.6) is 5.75 Å². The lowest BCUT2D eigenvalue weighted by Crippen LogP contribution is -2.58. The van der Waals surface area contributed by atoms with Crippen LogP contribution in [-0.2, 0) is 15.7 Å². The summed E-state index contributed by atoms with van der Waals surface area (Å²) in [6.45, 7) is 1.89. The van der Waals surface area contributed by atoms with Crippen molar-refractivity contribution in [3.05, 3.63) is 71.8 Å². The topological polar surface area (TPSA) is 120 Å². The molecule has 5 rings (SSSR count). The number of thiol groups is 1. The lowest BCUT2D eigenvalue weighted by atomic mass is 10.1. The van der Waals surface area contributed by atoms with Crippen LogP contribution in [0.2, 0.25) is 5.02 Å². The molecule has 1 aromatic heterocycles. The molecule has 0 aliphatic carbocycles. The minimum absolute atomic E-state index is 0.0393. The summed E-state index contributed by atoms with van der Waals surface area (Å²) < 4.78 is 31.9. The smallest absolute Gasteiger partial charge is 0.238 e. The molecule has 4 aromatic rings. The molecular formula is C28H30ClN7O4S. The highest BCUT2D eigenvalue weighted by atomic mass is 35.5. The molecule has 0 atom stereocenters. The molecule has 1 aliphatic rings. The van der Waals surface area contributed by atoms with Gasteiger partial charge in [-0.15, -0.1) is 0 Å². The Morgan fingerprint density at radius 1 is 1.05 bits per heavy atom. The van der Waals surface area contributed by atoms with Crippen molar-refractivity contribution in [1.82, 2.24) is 19.8 Å². The third-order valence-corrected chi connectivity index (χ3v) is 7.83. The molecule has 2 heterocycles. The van der Waals surface area contributed by atoms with E-state index in [2.05, 4.69) is 30.4 Å². The van der Waals surface area contributed by atoms with Gasteiger partial charge >= 0.3 is 0 Å². The quantitative estimate of drug-likeness (QED) is 0.235. The first-order valence-corrected chi connectivity index (χ1v) is 14.3. The van der Waals surface area contributed by atoms with Gasteiger partial charge in [-0.2, -0.15) is 0 Å². The van der Waals surface area contributed by atoms with Gasteiger partial charge in [0.25, 0.3) is 0 Å². The van der Waals surface area contributed by atoms with Crippen molar-refractivity contribution in [2.45, 2.75) is 6.04 Å². The Hall–Kier alpha value is -3.97. The number of hydrogen-bond acceptors (Lipinski definition) is 9. The number of nitrogens with zero attached hydrogens (tertiary/aromatic N) is 5. The van der Waals surface area contributed by atoms with Gasteiger partial charge in [-0.1, -0.05) is 29.8 Å². The van der Waals surface area contributed by atoms with Crippen LogP contribution in [0.25, 0.3) is 11.0 Å². The first-order valence-electron chi connectivity index (χ1n) is 12.8. The number of ether oxygens (including phenoxy) is 1. The van der Waals surface area contributed by atoms with E-state index < -0.39 is 10.9 Å². The largest absolute Gasteiger partial charge is 0.497 e. The third kappa shape index (κ3) is 6.51. The summed E-state index contributed by atoms with van der Waals surface area (Å²) in [4.78, 5) is 26.2. The molecule has 0 unspecified atom stereocenters. The predicted octanol–water partition coefficient (Wildman–Crippen LogP) is 3.88. The lowest BCUT2D eigenvalue weighted by Gasteiger charge is -2.42. The highest BCUT2D eigenvalue weighted by molar-refractivity contribution is 7.74. The van der Waals surface area contributed by atoms with Gasteiger partial charge in [-0.05, 0) is 56.6 Å². The summed E-state index contributed by atoms with van der Waals surface area (Å²) in [5.74, 6) is 0.578. The van der Waals surface area contributed by atoms with E-state index in [9.17, 15) is 13.2 Å². The maximum atomic E-state index is 12.7. The fourth-order valence-electron chi connectivity index (χ4n) is 4.49. The second kappa shape index (κ2) is 12.3. The van der Waals surface area contributed by atoms with Crippen LogP contribution in [0.1, 0.15) is 0 Å². The summed E-state index contributed by atoms with van der Waals surface area (Å²) in [5, 5.41) is 6.39. The van der Waals surface area contributed by atoms with Crippen LogP contribution >= 0.6 is 11.6 Å². The maximum absolute atomic E-state index is 12.7. The molecule has 0 spiro atoms. The van der Waals surface area contributed by atoms with Gasteiger partial charge in [0.2, 0.25) is 16.8 Å². The van der Waals surface area contributed by atoms with Crippen LogP contribution in [0, 0.1) is 0 Å². The van der Waals surface area contributed by atoms with Gasteiger partial charge in [0, 0.05) is 30.9 Å². The normalized spacial score (nSPS) is 13.8. The highest BCUT2D eigenvalue weighted by Crippen LogP contribution is 2.36. The molecule has 1 amide bonds. The maximum Gasteiger partial charge on any atom is 0.238 e. The van der Waals surface area contributed by atoms with E-state index in [0.29, 0.717) is 39.2 Å². The number of para-hydroxylation sites is 2. The molecule has 13 heteroatoms. The monoisotopic (exact) mass is 595 g/mol. The minimum Gasteiger partial charge on any atom is -0.497 e. The van der Waals surface area contributed by atoms with E-state index in [1.807, 2.05) is 20.2 Å². The first kappa shape index (κ1) is 28.6. The molecule has 1 aliphatic heterocycles. The van der Waals surface area contributed by atoms with Gasteiger partial charge in [-0.3, -0.25) is 9.69 Å². The Labute approximate surface area is 244 Å². The molecule has 11 nitrogen and oxygen atoms in total. The number of nitrogens with one attached hydrogen (secondary N) is 2. The van der Waals surface area contributed by atoms with E-state index in [1.165, 1.54) is 7.11 Å². The number of benzene rings is 3. The number of rotatable bonds is 10. The number of halogens is 1. The van der Waals surface area contributed by atoms with E-state index >= 15 is 0 Å². The number of carbonyl (C=O) groups is 1. The van der Waals surface area contributed by atoms with Crippen molar-refractivity contribution in [2.75, 3.05) is 55.8 Å². The summed E-state index contributed by atoms with van der Waals surface area (Å²) >= 11 is 6.43. The van der Waals surface area contributed by atoms with Crippen molar-refractivity contribution >= 4 is 68.1 Å². The lowest BCUT2D eigenvalue weighted by molar-refractivity contribution is -0.119. The third-order valence-electron chi connectivity index (χ3n) is 6.75. The van der Waals surface area contributed by atoms with E-state index in [-0.39, 0.29) is 29.8 Å². The Morgan fingerprint density at radius 3 is 2.46 bits per heavy atom. The average Bonchev–Trinajstić information content (AvgIpc) is 2.92. The van der Waals surface area contributed by atoms with Gasteiger partial charge in [0.15, 0.2) is 11.6 Å². The molecular weight excluding hydrogens is 566 g/mol. The van der Waals surface area contributed by atoms with E-state index in [1.54, 1.807) is 60.7 Å². The summed E-state index contributed by atoms with van der Waals surface area (Å²) in [7, 11) is 2.35. The molecule has 214 valence electrons. The molecule has 3 aromatic carbocycles. The number of hydrogen-bond donors (Lipinski definition) is 3. The minimum atomic E-state index is -3.22. The number of likely N-dealkylation sites (N-methyl/N-ethyl adjacent to an activating group) is 1. The Balaban J connectivity index is 1.47. The number of carbonyl (C=O) groups excluding carboxylic acids is 1. The second-order valence-electron chi connectivity index (χ2n) is 9.81. The van der Waals surface area contributed by atoms with Crippen LogP contribution < -0.4 is 19.7 Å². The molecule has 1 saturated heterocycles. The van der Waals surface area contributed by atoms with Crippen molar-refractivity contribution in [1.29, 1.82) is 0 Å². The fourth-order valence-corrected chi connectivity index (χ4v) is 5.26. The number of anilines is 5. The standard InChI is InChI=1S/C28H30ClN7O4S/c1-34(2)20-15-35(16-20)17-26(37)30-18-7-6-8-19(13-18)36(41(38)39)28-27(31-23-9-4-5-10-24(23)33-28)32-25-14-21(40-3)11-12-22(25)29/h4-14,20,41H,15-17H2,1-3H3,(H,30,37)(H,31,32). The zero-order chi connectivity index (χ0) is 29.1. The van der Waals surface area contributed by atoms with Crippen molar-refractivity contribution in [3.63, 3.8) is 0 Å². The number of fused-ring (bicyclic) bond motifs is 1. The molecule has 1 fully saturated rings. The highest BCUT2D eigenvalue weighted by Gasteiger charge is 2.29. The second-order valence-corrected chi connectivity index (χ2v) is 11.1. The molecule has 0 radical (unpaired) electrons. The Kier molecular flexibility index (Phi) is 8.54. The number of amides is 1. The Morgan fingerprint density at radius 2 is 1.78 bits per heavy atom. The molecule has 0 bridgehead atoms. The predicted molar refractivity (Wildman–Crippen MR) is 162 cm³/mol. The molecule has 41 heavy (non-hydrogen) atoms. The summed E-state index contributed by atoms with van der Waals surface area (Å²) in [5.41, 5.74) is 2.25. The van der Waals surface area contributed by atoms with E-state index in [0.717, 1.165) is 17.4 Å². The molecule has 2 N–H and O–H groups in total. The van der Waals surface area contributed by atoms with Crippen molar-refractivity contribution in [3.8, 4) is 5.75 Å². The van der Waals surface area contributed by atoms with Crippen LogP contribution in [0.15, 0.2) is 66.7 Å². The van der Waals surface area contributed by atoms with Crippen LogP contribution in [-0.4, -0.2) is 81.0 Å². The zero-order valence-electron chi connectivity index (χ0n) is 22.7. The van der Waals surface area contributed by atoms with Gasteiger partial charge in [0.1, 0.15) is 5.75 Å². The van der Waals surface area contributed by atoms with Crippen molar-refractivity contribution in [2.24, 2.45) is 0 Å². The number of likely N-dealkylation sites (tertiary alicyclic amines) is 1. The zero-order valence-corrected chi connectivity index (χ0v) is 24.4. The van der Waals surface area contributed by atoms with Crippen molar-refractivity contribution < 1.29 is 17.9 Å². The van der Waals surface area contributed by atoms with E-state index in [4.69, 9.17) is 16.3 Å². The fraction of sp³-hybridized carbons (Fsp3) is 0.250. The Bertz CT molecular complexity index is 1650.